The van der Waals surface area contributed by atoms with Crippen LogP contribution in [-0.2, 0) is 7.05 Å². The van der Waals surface area contributed by atoms with Crippen LogP contribution in [0.1, 0.15) is 11.3 Å². The molecule has 2 aromatic rings. The summed E-state index contributed by atoms with van der Waals surface area (Å²) in [6, 6.07) is 8.33. The molecule has 0 unspecified atom stereocenters. The molecule has 1 aromatic heterocycles. The second-order valence-electron chi connectivity index (χ2n) is 3.84. The normalized spacial score (nSPS) is 10.6. The highest BCUT2D eigenvalue weighted by Crippen LogP contribution is 2.28. The summed E-state index contributed by atoms with van der Waals surface area (Å²) in [4.78, 5) is 0. The fourth-order valence-corrected chi connectivity index (χ4v) is 1.75. The fourth-order valence-electron chi connectivity index (χ4n) is 1.75. The number of aryl methyl sites for hydroxylation is 3. The van der Waals surface area contributed by atoms with E-state index in [2.05, 4.69) is 36.3 Å². The third kappa shape index (κ3) is 1.61. The monoisotopic (exact) mass is 201 g/mol. The van der Waals surface area contributed by atoms with Crippen LogP contribution in [0.15, 0.2) is 24.3 Å². The summed E-state index contributed by atoms with van der Waals surface area (Å²) >= 11 is 0. The Morgan fingerprint density at radius 2 is 1.73 bits per heavy atom. The second kappa shape index (κ2) is 3.42. The van der Waals surface area contributed by atoms with Gasteiger partial charge in [0.05, 0.1) is 5.69 Å². The van der Waals surface area contributed by atoms with Crippen molar-refractivity contribution in [2.24, 2.45) is 7.05 Å². The van der Waals surface area contributed by atoms with Crippen molar-refractivity contribution in [1.29, 1.82) is 0 Å². The number of hydrogen-bond acceptors (Lipinski definition) is 2. The summed E-state index contributed by atoms with van der Waals surface area (Å²) in [5.41, 5.74) is 10.4. The van der Waals surface area contributed by atoms with Gasteiger partial charge in [0.15, 0.2) is 0 Å². The van der Waals surface area contributed by atoms with Gasteiger partial charge < -0.3 is 5.73 Å². The van der Waals surface area contributed by atoms with Crippen LogP contribution in [0.4, 0.5) is 5.82 Å². The molecular weight excluding hydrogens is 186 g/mol. The number of rotatable bonds is 1. The van der Waals surface area contributed by atoms with Crippen molar-refractivity contribution in [2.45, 2.75) is 13.8 Å². The zero-order valence-corrected chi connectivity index (χ0v) is 9.28. The van der Waals surface area contributed by atoms with Crippen LogP contribution in [0.25, 0.3) is 11.1 Å². The predicted octanol–water partition coefficient (Wildman–Crippen LogP) is 2.29. The van der Waals surface area contributed by atoms with Crippen LogP contribution < -0.4 is 5.73 Å². The van der Waals surface area contributed by atoms with E-state index in [1.165, 1.54) is 5.56 Å². The standard InChI is InChI=1S/C12H15N3/c1-8-4-6-10(7-5-8)11-9(2)14-15(3)12(11)13/h4-7H,13H2,1-3H3. The number of hydrogen-bond donors (Lipinski definition) is 1. The van der Waals surface area contributed by atoms with Gasteiger partial charge in [-0.2, -0.15) is 5.10 Å². The van der Waals surface area contributed by atoms with E-state index < -0.39 is 0 Å². The minimum Gasteiger partial charge on any atom is -0.383 e. The number of aromatic nitrogens is 2. The van der Waals surface area contributed by atoms with Crippen molar-refractivity contribution in [3.8, 4) is 11.1 Å². The molecule has 0 aliphatic heterocycles. The second-order valence-corrected chi connectivity index (χ2v) is 3.84. The van der Waals surface area contributed by atoms with Crippen molar-refractivity contribution in [2.75, 3.05) is 5.73 Å². The molecule has 0 amide bonds. The summed E-state index contributed by atoms with van der Waals surface area (Å²) < 4.78 is 1.71. The molecule has 15 heavy (non-hydrogen) atoms. The molecule has 0 fully saturated rings. The molecule has 2 rings (SSSR count). The quantitative estimate of drug-likeness (QED) is 0.769. The Bertz CT molecular complexity index is 480. The molecule has 0 atom stereocenters. The Morgan fingerprint density at radius 3 is 2.20 bits per heavy atom. The Kier molecular flexibility index (Phi) is 2.23. The van der Waals surface area contributed by atoms with E-state index in [0.29, 0.717) is 0 Å². The highest BCUT2D eigenvalue weighted by Gasteiger charge is 2.11. The van der Waals surface area contributed by atoms with Gasteiger partial charge in [-0.15, -0.1) is 0 Å². The Morgan fingerprint density at radius 1 is 1.13 bits per heavy atom. The average Bonchev–Trinajstić information content (AvgIpc) is 2.44. The van der Waals surface area contributed by atoms with Gasteiger partial charge in [-0.3, -0.25) is 4.68 Å². The first-order chi connectivity index (χ1) is 7.09. The van der Waals surface area contributed by atoms with E-state index >= 15 is 0 Å². The summed E-state index contributed by atoms with van der Waals surface area (Å²) in [5, 5.41) is 4.30. The predicted molar refractivity (Wildman–Crippen MR) is 62.5 cm³/mol. The first-order valence-corrected chi connectivity index (χ1v) is 4.95. The Hall–Kier alpha value is -1.77. The number of nitrogen functional groups attached to an aromatic ring is 1. The lowest BCUT2D eigenvalue weighted by molar-refractivity contribution is 0.767. The first kappa shape index (κ1) is 9.77. The number of anilines is 1. The molecule has 0 aliphatic rings. The summed E-state index contributed by atoms with van der Waals surface area (Å²) in [6.07, 6.45) is 0. The van der Waals surface area contributed by atoms with Crippen LogP contribution in [0.2, 0.25) is 0 Å². The van der Waals surface area contributed by atoms with Crippen molar-refractivity contribution >= 4 is 5.82 Å². The largest absolute Gasteiger partial charge is 0.383 e. The van der Waals surface area contributed by atoms with Gasteiger partial charge >= 0.3 is 0 Å². The number of nitrogens with zero attached hydrogens (tertiary/aromatic N) is 2. The highest BCUT2D eigenvalue weighted by atomic mass is 15.3. The molecule has 2 N–H and O–H groups in total. The molecule has 0 bridgehead atoms. The SMILES string of the molecule is Cc1ccc(-c2c(C)nn(C)c2N)cc1. The van der Waals surface area contributed by atoms with Gasteiger partial charge in [0.2, 0.25) is 0 Å². The van der Waals surface area contributed by atoms with E-state index in [1.807, 2.05) is 14.0 Å². The van der Waals surface area contributed by atoms with Crippen LogP contribution in [0, 0.1) is 13.8 Å². The lowest BCUT2D eigenvalue weighted by Crippen LogP contribution is -1.97. The minimum atomic E-state index is 0.719. The summed E-state index contributed by atoms with van der Waals surface area (Å²) in [7, 11) is 1.86. The topological polar surface area (TPSA) is 43.8 Å². The maximum atomic E-state index is 5.97. The molecule has 1 heterocycles. The summed E-state index contributed by atoms with van der Waals surface area (Å²) in [6.45, 7) is 4.05. The van der Waals surface area contributed by atoms with Gasteiger partial charge in [-0.25, -0.2) is 0 Å². The van der Waals surface area contributed by atoms with Crippen molar-refractivity contribution < 1.29 is 0 Å². The maximum Gasteiger partial charge on any atom is 0.129 e. The zero-order chi connectivity index (χ0) is 11.0. The van der Waals surface area contributed by atoms with E-state index in [0.717, 1.165) is 22.6 Å². The van der Waals surface area contributed by atoms with Crippen LogP contribution >= 0.6 is 0 Å². The van der Waals surface area contributed by atoms with E-state index in [-0.39, 0.29) is 0 Å². The Balaban J connectivity index is 2.58. The average molecular weight is 201 g/mol. The van der Waals surface area contributed by atoms with Gasteiger partial charge in [0, 0.05) is 12.6 Å². The third-order valence-electron chi connectivity index (χ3n) is 2.61. The molecule has 0 saturated heterocycles. The minimum absolute atomic E-state index is 0.719. The molecule has 0 radical (unpaired) electrons. The smallest absolute Gasteiger partial charge is 0.129 e. The van der Waals surface area contributed by atoms with Gasteiger partial charge in [0.1, 0.15) is 5.82 Å². The lowest BCUT2D eigenvalue weighted by Gasteiger charge is -2.02. The highest BCUT2D eigenvalue weighted by molar-refractivity contribution is 5.76. The van der Waals surface area contributed by atoms with Crippen LogP contribution in [-0.4, -0.2) is 9.78 Å². The molecule has 0 spiro atoms. The third-order valence-corrected chi connectivity index (χ3v) is 2.61. The first-order valence-electron chi connectivity index (χ1n) is 4.95. The summed E-state index contributed by atoms with van der Waals surface area (Å²) in [5.74, 6) is 0.719. The van der Waals surface area contributed by atoms with Crippen molar-refractivity contribution in [1.82, 2.24) is 9.78 Å². The van der Waals surface area contributed by atoms with E-state index in [4.69, 9.17) is 5.73 Å². The Labute approximate surface area is 89.5 Å². The van der Waals surface area contributed by atoms with Crippen LogP contribution in [0.3, 0.4) is 0 Å². The van der Waals surface area contributed by atoms with Gasteiger partial charge in [-0.1, -0.05) is 29.8 Å². The van der Waals surface area contributed by atoms with E-state index in [1.54, 1.807) is 4.68 Å². The van der Waals surface area contributed by atoms with Gasteiger partial charge in [0.25, 0.3) is 0 Å². The fraction of sp³-hybridized carbons (Fsp3) is 0.250. The molecule has 3 heteroatoms. The van der Waals surface area contributed by atoms with Crippen molar-refractivity contribution in [3.05, 3.63) is 35.5 Å². The maximum absolute atomic E-state index is 5.97. The number of nitrogens with two attached hydrogens (primary N) is 1. The molecule has 3 nitrogen and oxygen atoms in total. The van der Waals surface area contributed by atoms with Crippen molar-refractivity contribution in [3.63, 3.8) is 0 Å². The molecule has 1 aromatic carbocycles. The van der Waals surface area contributed by atoms with E-state index in [9.17, 15) is 0 Å². The molecular formula is C12H15N3. The number of benzene rings is 1. The van der Waals surface area contributed by atoms with Crippen LogP contribution in [0.5, 0.6) is 0 Å². The zero-order valence-electron chi connectivity index (χ0n) is 9.28. The lowest BCUT2D eigenvalue weighted by atomic mass is 10.0. The molecule has 0 saturated carbocycles. The van der Waals surface area contributed by atoms with Gasteiger partial charge in [-0.05, 0) is 19.4 Å². The molecule has 0 aliphatic carbocycles. The molecule has 78 valence electrons.